The van der Waals surface area contributed by atoms with E-state index in [1.807, 2.05) is 29.8 Å². The minimum Gasteiger partial charge on any atom is -0.494 e. The van der Waals surface area contributed by atoms with E-state index in [9.17, 15) is 4.79 Å². The van der Waals surface area contributed by atoms with E-state index in [2.05, 4.69) is 4.98 Å². The minimum atomic E-state index is -0.202. The molecule has 4 aromatic rings. The standard InChI is InChI=1S/C20H20N4O3S/c1-14-6-7-15(26-2)17-18(14)28-20(22-17)24(19(25)16-5-3-12-27-16)10-4-9-23-11-8-21-13-23/h3,5-8,11-13H,4,9-10H2,1-2H3. The Morgan fingerprint density at radius 2 is 2.25 bits per heavy atom. The van der Waals surface area contributed by atoms with Crippen molar-refractivity contribution < 1.29 is 13.9 Å². The van der Waals surface area contributed by atoms with Gasteiger partial charge in [0, 0.05) is 25.5 Å². The molecule has 144 valence electrons. The number of aryl methyl sites for hydroxylation is 2. The maximum Gasteiger partial charge on any atom is 0.295 e. The molecule has 1 amide bonds. The number of carbonyl (C=O) groups excluding carboxylic acids is 1. The van der Waals surface area contributed by atoms with Crippen LogP contribution in [0.3, 0.4) is 0 Å². The van der Waals surface area contributed by atoms with Crippen LogP contribution in [0, 0.1) is 6.92 Å². The van der Waals surface area contributed by atoms with Crippen molar-refractivity contribution in [2.75, 3.05) is 18.6 Å². The Labute approximate surface area is 166 Å². The SMILES string of the molecule is COc1ccc(C)c2sc(N(CCCn3ccnc3)C(=O)c3ccco3)nc12. The van der Waals surface area contributed by atoms with Crippen LogP contribution in [0.25, 0.3) is 10.2 Å². The number of anilines is 1. The lowest BCUT2D eigenvalue weighted by Gasteiger charge is -2.18. The number of benzene rings is 1. The first kappa shape index (κ1) is 18.2. The number of furan rings is 1. The normalized spacial score (nSPS) is 11.1. The molecule has 0 aliphatic rings. The van der Waals surface area contributed by atoms with Crippen LogP contribution in [0.2, 0.25) is 0 Å². The lowest BCUT2D eigenvalue weighted by molar-refractivity contribution is 0.0959. The minimum absolute atomic E-state index is 0.202. The molecule has 0 aliphatic carbocycles. The van der Waals surface area contributed by atoms with E-state index in [0.29, 0.717) is 23.2 Å². The van der Waals surface area contributed by atoms with Gasteiger partial charge in [-0.25, -0.2) is 9.97 Å². The van der Waals surface area contributed by atoms with Gasteiger partial charge in [0.05, 0.1) is 24.4 Å². The zero-order valence-electron chi connectivity index (χ0n) is 15.7. The maximum atomic E-state index is 13.1. The molecular formula is C20H20N4O3S. The number of hydrogen-bond acceptors (Lipinski definition) is 6. The molecule has 0 aliphatic heterocycles. The predicted octanol–water partition coefficient (Wildman–Crippen LogP) is 4.14. The van der Waals surface area contributed by atoms with Gasteiger partial charge in [0.1, 0.15) is 11.3 Å². The van der Waals surface area contributed by atoms with E-state index in [-0.39, 0.29) is 5.91 Å². The first-order chi connectivity index (χ1) is 13.7. The molecule has 0 saturated heterocycles. The van der Waals surface area contributed by atoms with Crippen LogP contribution in [0.5, 0.6) is 5.75 Å². The van der Waals surface area contributed by atoms with Crippen LogP contribution >= 0.6 is 11.3 Å². The second kappa shape index (κ2) is 7.85. The number of aromatic nitrogens is 3. The summed E-state index contributed by atoms with van der Waals surface area (Å²) in [6.45, 7) is 3.30. The Balaban J connectivity index is 1.67. The summed E-state index contributed by atoms with van der Waals surface area (Å²) in [5.74, 6) is 0.795. The third kappa shape index (κ3) is 3.50. The molecule has 0 atom stereocenters. The van der Waals surface area contributed by atoms with E-state index < -0.39 is 0 Å². The molecule has 3 heterocycles. The fraction of sp³-hybridized carbons (Fsp3) is 0.250. The number of nitrogens with zero attached hydrogens (tertiary/aromatic N) is 4. The van der Waals surface area contributed by atoms with Gasteiger partial charge in [-0.3, -0.25) is 9.69 Å². The molecule has 0 radical (unpaired) electrons. The molecule has 0 saturated carbocycles. The molecule has 1 aromatic carbocycles. The van der Waals surface area contributed by atoms with E-state index in [1.54, 1.807) is 36.7 Å². The van der Waals surface area contributed by atoms with Gasteiger partial charge in [0.25, 0.3) is 5.91 Å². The highest BCUT2D eigenvalue weighted by Gasteiger charge is 2.24. The molecule has 0 spiro atoms. The Kier molecular flexibility index (Phi) is 5.12. The van der Waals surface area contributed by atoms with Crippen molar-refractivity contribution in [3.63, 3.8) is 0 Å². The predicted molar refractivity (Wildman–Crippen MR) is 108 cm³/mol. The lowest BCUT2D eigenvalue weighted by Crippen LogP contribution is -2.32. The van der Waals surface area contributed by atoms with Crippen molar-refractivity contribution in [3.05, 3.63) is 60.6 Å². The lowest BCUT2D eigenvalue weighted by atomic mass is 10.2. The Morgan fingerprint density at radius 3 is 2.96 bits per heavy atom. The molecule has 0 unspecified atom stereocenters. The van der Waals surface area contributed by atoms with Crippen LogP contribution in [-0.2, 0) is 6.54 Å². The quantitative estimate of drug-likeness (QED) is 0.469. The molecule has 28 heavy (non-hydrogen) atoms. The first-order valence-corrected chi connectivity index (χ1v) is 9.74. The number of amides is 1. The van der Waals surface area contributed by atoms with Gasteiger partial charge in [-0.2, -0.15) is 0 Å². The van der Waals surface area contributed by atoms with Gasteiger partial charge < -0.3 is 13.7 Å². The van der Waals surface area contributed by atoms with Crippen LogP contribution in [0.4, 0.5) is 5.13 Å². The van der Waals surface area contributed by atoms with Crippen molar-refractivity contribution in [3.8, 4) is 5.75 Å². The second-order valence-electron chi connectivity index (χ2n) is 6.35. The van der Waals surface area contributed by atoms with E-state index in [4.69, 9.17) is 14.1 Å². The average molecular weight is 396 g/mol. The number of ether oxygens (including phenoxy) is 1. The highest BCUT2D eigenvalue weighted by atomic mass is 32.1. The number of methoxy groups -OCH3 is 1. The third-order valence-electron chi connectivity index (χ3n) is 4.48. The monoisotopic (exact) mass is 396 g/mol. The van der Waals surface area contributed by atoms with Gasteiger partial charge in [-0.15, -0.1) is 0 Å². The van der Waals surface area contributed by atoms with E-state index in [1.165, 1.54) is 17.6 Å². The summed E-state index contributed by atoms with van der Waals surface area (Å²) in [6.07, 6.45) is 7.68. The zero-order chi connectivity index (χ0) is 19.5. The van der Waals surface area contributed by atoms with Crippen LogP contribution in [0.1, 0.15) is 22.5 Å². The van der Waals surface area contributed by atoms with Crippen molar-refractivity contribution in [1.82, 2.24) is 14.5 Å². The average Bonchev–Trinajstić information content (AvgIpc) is 3.47. The third-order valence-corrected chi connectivity index (χ3v) is 5.69. The van der Waals surface area contributed by atoms with Crippen LogP contribution in [-0.4, -0.2) is 34.1 Å². The van der Waals surface area contributed by atoms with E-state index >= 15 is 0 Å². The summed E-state index contributed by atoms with van der Waals surface area (Å²) >= 11 is 1.49. The van der Waals surface area contributed by atoms with Gasteiger partial charge in [-0.1, -0.05) is 17.4 Å². The molecule has 3 aromatic heterocycles. The zero-order valence-corrected chi connectivity index (χ0v) is 16.5. The van der Waals surface area contributed by atoms with Crippen molar-refractivity contribution in [2.24, 2.45) is 0 Å². The number of rotatable bonds is 7. The van der Waals surface area contributed by atoms with Crippen molar-refractivity contribution >= 4 is 32.6 Å². The Bertz CT molecular complexity index is 1070. The number of imidazole rings is 1. The molecule has 0 N–H and O–H groups in total. The Morgan fingerprint density at radius 1 is 1.36 bits per heavy atom. The van der Waals surface area contributed by atoms with E-state index in [0.717, 1.165) is 28.7 Å². The van der Waals surface area contributed by atoms with Gasteiger partial charge in [-0.05, 0) is 37.1 Å². The molecule has 7 nitrogen and oxygen atoms in total. The topological polar surface area (TPSA) is 73.4 Å². The van der Waals surface area contributed by atoms with Crippen molar-refractivity contribution in [2.45, 2.75) is 19.9 Å². The number of hydrogen-bond donors (Lipinski definition) is 0. The van der Waals surface area contributed by atoms with Gasteiger partial charge in [0.2, 0.25) is 0 Å². The maximum absolute atomic E-state index is 13.1. The van der Waals surface area contributed by atoms with Crippen LogP contribution < -0.4 is 9.64 Å². The highest BCUT2D eigenvalue weighted by molar-refractivity contribution is 7.22. The fourth-order valence-corrected chi connectivity index (χ4v) is 4.10. The van der Waals surface area contributed by atoms with Gasteiger partial charge >= 0.3 is 0 Å². The summed E-state index contributed by atoms with van der Waals surface area (Å²) in [4.78, 5) is 23.5. The Hall–Kier alpha value is -3.13. The number of carbonyl (C=O) groups is 1. The van der Waals surface area contributed by atoms with Crippen LogP contribution in [0.15, 0.2) is 53.7 Å². The smallest absolute Gasteiger partial charge is 0.295 e. The second-order valence-corrected chi connectivity index (χ2v) is 7.32. The summed E-state index contributed by atoms with van der Waals surface area (Å²) in [7, 11) is 1.63. The summed E-state index contributed by atoms with van der Waals surface area (Å²) < 4.78 is 13.8. The molecule has 8 heteroatoms. The fourth-order valence-electron chi connectivity index (χ4n) is 3.03. The number of fused-ring (bicyclic) bond motifs is 1. The van der Waals surface area contributed by atoms with Gasteiger partial charge in [0.15, 0.2) is 10.9 Å². The highest BCUT2D eigenvalue weighted by Crippen LogP contribution is 2.36. The largest absolute Gasteiger partial charge is 0.494 e. The summed E-state index contributed by atoms with van der Waals surface area (Å²) in [5, 5.41) is 0.634. The molecule has 0 bridgehead atoms. The first-order valence-electron chi connectivity index (χ1n) is 8.92. The van der Waals surface area contributed by atoms with Crippen molar-refractivity contribution in [1.29, 1.82) is 0 Å². The summed E-state index contributed by atoms with van der Waals surface area (Å²) in [6, 6.07) is 7.28. The number of thiazole rings is 1. The molecule has 0 fully saturated rings. The molecule has 4 rings (SSSR count). The molecular weight excluding hydrogens is 376 g/mol. The summed E-state index contributed by atoms with van der Waals surface area (Å²) in [5.41, 5.74) is 1.87.